The van der Waals surface area contributed by atoms with E-state index in [0.29, 0.717) is 0 Å². The van der Waals surface area contributed by atoms with Crippen LogP contribution in [0.1, 0.15) is 33.7 Å². The van der Waals surface area contributed by atoms with Crippen LogP contribution in [-0.2, 0) is 0 Å². The molecule has 1 aromatic heterocycles. The number of pyridine rings is 1. The maximum Gasteiger partial charge on any atom is 0.280 e. The van der Waals surface area contributed by atoms with Crippen LogP contribution in [0.2, 0.25) is 0 Å². The predicted octanol–water partition coefficient (Wildman–Crippen LogP) is 2.58. The van der Waals surface area contributed by atoms with Crippen molar-refractivity contribution in [2.45, 2.75) is 13.3 Å². The highest BCUT2D eigenvalue weighted by atomic mass is 35.5. The van der Waals surface area contributed by atoms with Crippen LogP contribution in [0.3, 0.4) is 0 Å². The zero-order chi connectivity index (χ0) is 11.6. The number of hydrogen-bond acceptors (Lipinski definition) is 3. The summed E-state index contributed by atoms with van der Waals surface area (Å²) in [5.74, 6) is 0. The summed E-state index contributed by atoms with van der Waals surface area (Å²) in [6.07, 6.45) is -2.78. The minimum Gasteiger partial charge on any atom is -0.275 e. The highest BCUT2D eigenvalue weighted by Crippen LogP contribution is 2.22. The van der Waals surface area contributed by atoms with Crippen molar-refractivity contribution < 1.29 is 13.6 Å². The lowest BCUT2D eigenvalue weighted by atomic mass is 10.1. The molecule has 1 rings (SSSR count). The summed E-state index contributed by atoms with van der Waals surface area (Å²) < 4.78 is 24.6. The van der Waals surface area contributed by atoms with Crippen molar-refractivity contribution >= 4 is 16.8 Å². The van der Waals surface area contributed by atoms with E-state index >= 15 is 0 Å². The van der Waals surface area contributed by atoms with Gasteiger partial charge in [-0.05, 0) is 30.2 Å². The Labute approximate surface area is 89.3 Å². The number of aryl methyl sites for hydroxylation is 1. The number of nitrogens with zero attached hydrogens (tertiary/aromatic N) is 2. The molecule has 0 aliphatic heterocycles. The topological polar surface area (TPSA) is 53.8 Å². The average molecular weight is 231 g/mol. The molecule has 0 saturated carbocycles. The molecule has 15 heavy (non-hydrogen) atoms. The molecule has 0 aliphatic carbocycles. The van der Waals surface area contributed by atoms with E-state index in [0.717, 1.165) is 6.07 Å². The molecule has 1 aromatic rings. The average Bonchev–Trinajstić information content (AvgIpc) is 2.15. The molecule has 0 unspecified atom stereocenters. The molecule has 0 spiro atoms. The SMILES string of the molecule is Cc1cc(C(F)F)nc(C#N)c1C(=O)Cl. The van der Waals surface area contributed by atoms with Crippen molar-refractivity contribution in [2.24, 2.45) is 0 Å². The zero-order valence-electron chi connectivity index (χ0n) is 7.59. The van der Waals surface area contributed by atoms with Crippen LogP contribution in [0.5, 0.6) is 0 Å². The summed E-state index contributed by atoms with van der Waals surface area (Å²) in [6, 6.07) is 2.61. The van der Waals surface area contributed by atoms with Crippen LogP contribution in [0, 0.1) is 18.3 Å². The first-order valence-electron chi connectivity index (χ1n) is 3.87. The molecule has 78 valence electrons. The molecule has 3 nitrogen and oxygen atoms in total. The maximum absolute atomic E-state index is 12.3. The fourth-order valence-electron chi connectivity index (χ4n) is 1.14. The maximum atomic E-state index is 12.3. The van der Waals surface area contributed by atoms with Crippen LogP contribution in [0.25, 0.3) is 0 Å². The van der Waals surface area contributed by atoms with Crippen LogP contribution in [-0.4, -0.2) is 10.2 Å². The Morgan fingerprint density at radius 3 is 2.67 bits per heavy atom. The summed E-state index contributed by atoms with van der Waals surface area (Å²) in [4.78, 5) is 14.3. The number of nitriles is 1. The van der Waals surface area contributed by atoms with Crippen LogP contribution < -0.4 is 0 Å². The Morgan fingerprint density at radius 2 is 2.27 bits per heavy atom. The van der Waals surface area contributed by atoms with Crippen molar-refractivity contribution in [1.82, 2.24) is 4.98 Å². The largest absolute Gasteiger partial charge is 0.280 e. The Hall–Kier alpha value is -1.54. The van der Waals surface area contributed by atoms with Crippen molar-refractivity contribution in [2.75, 3.05) is 0 Å². The lowest BCUT2D eigenvalue weighted by molar-refractivity contribution is 0.107. The lowest BCUT2D eigenvalue weighted by Crippen LogP contribution is -2.04. The van der Waals surface area contributed by atoms with Gasteiger partial charge in [-0.1, -0.05) is 0 Å². The highest BCUT2D eigenvalue weighted by Gasteiger charge is 2.18. The molecule has 0 atom stereocenters. The number of halogens is 3. The smallest absolute Gasteiger partial charge is 0.275 e. The van der Waals surface area contributed by atoms with Crippen LogP contribution >= 0.6 is 11.6 Å². The van der Waals surface area contributed by atoms with Gasteiger partial charge in [0.05, 0.1) is 5.56 Å². The molecule has 0 aromatic carbocycles. The lowest BCUT2D eigenvalue weighted by Gasteiger charge is -2.05. The summed E-state index contributed by atoms with van der Waals surface area (Å²) >= 11 is 5.21. The van der Waals surface area contributed by atoms with Gasteiger partial charge >= 0.3 is 0 Å². The van der Waals surface area contributed by atoms with E-state index in [1.807, 2.05) is 0 Å². The summed E-state index contributed by atoms with van der Waals surface area (Å²) in [5, 5.41) is 7.75. The molecule has 0 aliphatic rings. The van der Waals surface area contributed by atoms with Gasteiger partial charge in [0.1, 0.15) is 11.8 Å². The van der Waals surface area contributed by atoms with Gasteiger partial charge in [-0.25, -0.2) is 13.8 Å². The number of hydrogen-bond donors (Lipinski definition) is 0. The van der Waals surface area contributed by atoms with E-state index in [2.05, 4.69) is 4.98 Å². The van der Waals surface area contributed by atoms with E-state index < -0.39 is 17.4 Å². The number of carbonyl (C=O) groups excluding carboxylic acids is 1. The first-order valence-corrected chi connectivity index (χ1v) is 4.24. The molecule has 1 heterocycles. The van der Waals surface area contributed by atoms with E-state index in [4.69, 9.17) is 16.9 Å². The molecule has 0 radical (unpaired) electrons. The van der Waals surface area contributed by atoms with Gasteiger partial charge in [0.2, 0.25) is 0 Å². The Morgan fingerprint density at radius 1 is 1.67 bits per heavy atom. The highest BCUT2D eigenvalue weighted by molar-refractivity contribution is 6.68. The third-order valence-electron chi connectivity index (χ3n) is 1.76. The first-order chi connectivity index (χ1) is 6.97. The second-order valence-electron chi connectivity index (χ2n) is 2.77. The molecule has 0 amide bonds. The monoisotopic (exact) mass is 230 g/mol. The van der Waals surface area contributed by atoms with Crippen molar-refractivity contribution in [3.63, 3.8) is 0 Å². The van der Waals surface area contributed by atoms with Crippen LogP contribution in [0.4, 0.5) is 8.78 Å². The molecule has 0 saturated heterocycles. The number of alkyl halides is 2. The second kappa shape index (κ2) is 4.32. The number of aromatic nitrogens is 1. The number of carbonyl (C=O) groups is 1. The summed E-state index contributed by atoms with van der Waals surface area (Å²) in [6.45, 7) is 1.42. The van der Waals surface area contributed by atoms with Gasteiger partial charge in [0.15, 0.2) is 5.69 Å². The fraction of sp³-hybridized carbons (Fsp3) is 0.222. The van der Waals surface area contributed by atoms with E-state index in [-0.39, 0.29) is 16.8 Å². The molecule has 0 fully saturated rings. The minimum absolute atomic E-state index is 0.122. The van der Waals surface area contributed by atoms with E-state index in [9.17, 15) is 13.6 Å². The Bertz CT molecular complexity index is 454. The standard InChI is InChI=1S/C9H5ClF2N2O/c1-4-2-5(9(11)12)14-6(3-13)7(4)8(10)15/h2,9H,1H3. The van der Waals surface area contributed by atoms with Gasteiger partial charge in [0.25, 0.3) is 11.7 Å². The van der Waals surface area contributed by atoms with E-state index in [1.165, 1.54) is 6.92 Å². The minimum atomic E-state index is -2.78. The predicted molar refractivity (Wildman–Crippen MR) is 48.8 cm³/mol. The molecule has 0 bridgehead atoms. The third kappa shape index (κ3) is 2.28. The van der Waals surface area contributed by atoms with Gasteiger partial charge in [-0.2, -0.15) is 5.26 Å². The summed E-state index contributed by atoms with van der Waals surface area (Å²) in [7, 11) is 0. The normalized spacial score (nSPS) is 10.1. The second-order valence-corrected chi connectivity index (χ2v) is 3.12. The fourth-order valence-corrected chi connectivity index (χ4v) is 1.38. The van der Waals surface area contributed by atoms with Gasteiger partial charge < -0.3 is 0 Å². The van der Waals surface area contributed by atoms with Crippen LogP contribution in [0.15, 0.2) is 6.07 Å². The van der Waals surface area contributed by atoms with Gasteiger partial charge in [-0.3, -0.25) is 4.79 Å². The van der Waals surface area contributed by atoms with Crippen molar-refractivity contribution in [3.8, 4) is 6.07 Å². The quantitative estimate of drug-likeness (QED) is 0.734. The van der Waals surface area contributed by atoms with Crippen molar-refractivity contribution in [3.05, 3.63) is 28.6 Å². The Kier molecular flexibility index (Phi) is 3.32. The van der Waals surface area contributed by atoms with Crippen molar-refractivity contribution in [1.29, 1.82) is 5.26 Å². The van der Waals surface area contributed by atoms with Gasteiger partial charge in [0, 0.05) is 0 Å². The first kappa shape index (κ1) is 11.5. The Balaban J connectivity index is 3.46. The molecular weight excluding hydrogens is 226 g/mol. The van der Waals surface area contributed by atoms with E-state index in [1.54, 1.807) is 6.07 Å². The third-order valence-corrected chi connectivity index (χ3v) is 1.95. The zero-order valence-corrected chi connectivity index (χ0v) is 8.35. The number of rotatable bonds is 2. The molecular formula is C9H5ClF2N2O. The summed E-state index contributed by atoms with van der Waals surface area (Å²) in [5.41, 5.74) is -0.809. The molecule has 0 N–H and O–H groups in total. The molecule has 6 heteroatoms. The van der Waals surface area contributed by atoms with Gasteiger partial charge in [-0.15, -0.1) is 0 Å².